The number of amides is 2. The third-order valence-electron chi connectivity index (χ3n) is 3.59. The molecule has 0 bridgehead atoms. The third kappa shape index (κ3) is 3.10. The standard InChI is InChI=1S/C15H15BrN2O3S/c1-10-2-4-12(22-10)15(20)18-8-6-17(7-9-18)14(19)11-3-5-13(16)21-11/h2-5H,6-9H2,1H3. The SMILES string of the molecule is Cc1ccc(C(=O)N2CCN(C(=O)c3ccc(Br)o3)CC2)s1. The number of aryl methyl sites for hydroxylation is 1. The molecule has 0 spiro atoms. The van der Waals surface area contributed by atoms with E-state index in [2.05, 4.69) is 15.9 Å². The summed E-state index contributed by atoms with van der Waals surface area (Å²) in [5, 5.41) is 0. The molecule has 22 heavy (non-hydrogen) atoms. The van der Waals surface area contributed by atoms with E-state index in [0.29, 0.717) is 36.6 Å². The highest BCUT2D eigenvalue weighted by Gasteiger charge is 2.27. The van der Waals surface area contributed by atoms with E-state index in [-0.39, 0.29) is 11.8 Å². The molecular weight excluding hydrogens is 368 g/mol. The van der Waals surface area contributed by atoms with Crippen LogP contribution in [0.3, 0.4) is 0 Å². The number of furan rings is 1. The average molecular weight is 383 g/mol. The Balaban J connectivity index is 1.60. The van der Waals surface area contributed by atoms with Gasteiger partial charge in [0.25, 0.3) is 11.8 Å². The topological polar surface area (TPSA) is 53.8 Å². The first kappa shape index (κ1) is 15.3. The average Bonchev–Trinajstić information content (AvgIpc) is 3.14. The highest BCUT2D eigenvalue weighted by molar-refractivity contribution is 9.10. The van der Waals surface area contributed by atoms with E-state index < -0.39 is 0 Å². The number of carbonyl (C=O) groups is 2. The van der Waals surface area contributed by atoms with E-state index in [9.17, 15) is 9.59 Å². The Bertz CT molecular complexity index is 641. The maximum absolute atomic E-state index is 12.4. The Morgan fingerprint density at radius 2 is 1.68 bits per heavy atom. The molecular formula is C15H15BrN2O3S. The number of carbonyl (C=O) groups excluding carboxylic acids is 2. The van der Waals surface area contributed by atoms with Gasteiger partial charge in [0.2, 0.25) is 0 Å². The third-order valence-corrected chi connectivity index (χ3v) is 5.00. The molecule has 0 radical (unpaired) electrons. The van der Waals surface area contributed by atoms with E-state index >= 15 is 0 Å². The van der Waals surface area contributed by atoms with Gasteiger partial charge in [-0.1, -0.05) is 0 Å². The molecule has 0 atom stereocenters. The summed E-state index contributed by atoms with van der Waals surface area (Å²) in [6.45, 7) is 4.12. The smallest absolute Gasteiger partial charge is 0.289 e. The Hall–Kier alpha value is -1.60. The van der Waals surface area contributed by atoms with Crippen LogP contribution >= 0.6 is 27.3 Å². The summed E-state index contributed by atoms with van der Waals surface area (Å²) in [6.07, 6.45) is 0. The van der Waals surface area contributed by atoms with Gasteiger partial charge in [0.15, 0.2) is 10.4 Å². The van der Waals surface area contributed by atoms with Crippen LogP contribution in [0.15, 0.2) is 33.4 Å². The maximum atomic E-state index is 12.4. The van der Waals surface area contributed by atoms with Crippen LogP contribution in [0.2, 0.25) is 0 Å². The number of nitrogens with zero attached hydrogens (tertiary/aromatic N) is 2. The van der Waals surface area contributed by atoms with Crippen LogP contribution < -0.4 is 0 Å². The van der Waals surface area contributed by atoms with Crippen molar-refractivity contribution in [2.24, 2.45) is 0 Å². The molecule has 0 saturated carbocycles. The molecule has 1 saturated heterocycles. The lowest BCUT2D eigenvalue weighted by molar-refractivity contribution is 0.0520. The molecule has 5 nitrogen and oxygen atoms in total. The number of thiophene rings is 1. The second-order valence-corrected chi connectivity index (χ2v) is 7.17. The fraction of sp³-hybridized carbons (Fsp3) is 0.333. The second-order valence-electron chi connectivity index (χ2n) is 5.10. The number of piperazine rings is 1. The van der Waals surface area contributed by atoms with Crippen LogP contribution in [-0.4, -0.2) is 47.8 Å². The zero-order valence-electron chi connectivity index (χ0n) is 12.0. The van der Waals surface area contributed by atoms with Crippen molar-refractivity contribution >= 4 is 39.1 Å². The number of halogens is 1. The summed E-state index contributed by atoms with van der Waals surface area (Å²) in [7, 11) is 0. The van der Waals surface area contributed by atoms with Crippen molar-refractivity contribution in [2.45, 2.75) is 6.92 Å². The zero-order chi connectivity index (χ0) is 15.7. The molecule has 1 aliphatic heterocycles. The van der Waals surface area contributed by atoms with E-state index in [1.54, 1.807) is 21.9 Å². The zero-order valence-corrected chi connectivity index (χ0v) is 14.4. The van der Waals surface area contributed by atoms with Gasteiger partial charge < -0.3 is 14.2 Å². The molecule has 116 valence electrons. The van der Waals surface area contributed by atoms with Gasteiger partial charge in [-0.3, -0.25) is 9.59 Å². The molecule has 1 aliphatic rings. The van der Waals surface area contributed by atoms with Gasteiger partial charge >= 0.3 is 0 Å². The van der Waals surface area contributed by atoms with E-state index in [0.717, 1.165) is 9.75 Å². The van der Waals surface area contributed by atoms with Gasteiger partial charge in [-0.25, -0.2) is 0 Å². The number of hydrogen-bond acceptors (Lipinski definition) is 4. The monoisotopic (exact) mass is 382 g/mol. The van der Waals surface area contributed by atoms with Crippen LogP contribution in [0.4, 0.5) is 0 Å². The van der Waals surface area contributed by atoms with Crippen molar-refractivity contribution < 1.29 is 14.0 Å². The van der Waals surface area contributed by atoms with Crippen molar-refractivity contribution in [3.05, 3.63) is 44.4 Å². The van der Waals surface area contributed by atoms with Gasteiger partial charge in [-0.05, 0) is 47.1 Å². The first-order valence-corrected chi connectivity index (χ1v) is 8.56. The summed E-state index contributed by atoms with van der Waals surface area (Å²) < 4.78 is 5.83. The van der Waals surface area contributed by atoms with Crippen LogP contribution in [0.5, 0.6) is 0 Å². The molecule has 2 aromatic heterocycles. The van der Waals surface area contributed by atoms with Crippen LogP contribution in [-0.2, 0) is 0 Å². The molecule has 3 rings (SSSR count). The highest BCUT2D eigenvalue weighted by Crippen LogP contribution is 2.20. The van der Waals surface area contributed by atoms with Gasteiger partial charge in [0.1, 0.15) is 0 Å². The second kappa shape index (κ2) is 6.26. The molecule has 7 heteroatoms. The fourth-order valence-electron chi connectivity index (χ4n) is 2.40. The molecule has 3 heterocycles. The molecule has 0 unspecified atom stereocenters. The lowest BCUT2D eigenvalue weighted by atomic mass is 10.2. The van der Waals surface area contributed by atoms with Gasteiger partial charge in [0.05, 0.1) is 4.88 Å². The molecule has 0 N–H and O–H groups in total. The summed E-state index contributed by atoms with van der Waals surface area (Å²) in [5.74, 6) is 0.233. The summed E-state index contributed by atoms with van der Waals surface area (Å²) in [5.41, 5.74) is 0. The molecule has 1 fully saturated rings. The van der Waals surface area contributed by atoms with E-state index in [1.807, 2.05) is 19.1 Å². The van der Waals surface area contributed by atoms with Crippen LogP contribution in [0, 0.1) is 6.92 Å². The van der Waals surface area contributed by atoms with E-state index in [1.165, 1.54) is 11.3 Å². The quantitative estimate of drug-likeness (QED) is 0.801. The van der Waals surface area contributed by atoms with Crippen molar-refractivity contribution in [3.8, 4) is 0 Å². The Morgan fingerprint density at radius 3 is 2.18 bits per heavy atom. The first-order valence-electron chi connectivity index (χ1n) is 6.95. The van der Waals surface area contributed by atoms with Gasteiger partial charge in [-0.2, -0.15) is 0 Å². The van der Waals surface area contributed by atoms with Gasteiger partial charge in [-0.15, -0.1) is 11.3 Å². The van der Waals surface area contributed by atoms with Crippen molar-refractivity contribution in [1.29, 1.82) is 0 Å². The minimum Gasteiger partial charge on any atom is -0.444 e. The normalized spacial score (nSPS) is 15.2. The van der Waals surface area contributed by atoms with E-state index in [4.69, 9.17) is 4.42 Å². The summed E-state index contributed by atoms with van der Waals surface area (Å²) in [4.78, 5) is 30.0. The Morgan fingerprint density at radius 1 is 1.05 bits per heavy atom. The lowest BCUT2D eigenvalue weighted by Gasteiger charge is -2.34. The van der Waals surface area contributed by atoms with Crippen LogP contribution in [0.1, 0.15) is 25.1 Å². The van der Waals surface area contributed by atoms with Crippen LogP contribution in [0.25, 0.3) is 0 Å². The predicted octanol–water partition coefficient (Wildman–Crippen LogP) is 3.01. The Kier molecular flexibility index (Phi) is 4.35. The summed E-state index contributed by atoms with van der Waals surface area (Å²) in [6, 6.07) is 7.16. The number of rotatable bonds is 2. The fourth-order valence-corrected chi connectivity index (χ4v) is 3.55. The van der Waals surface area contributed by atoms with Crippen molar-refractivity contribution in [2.75, 3.05) is 26.2 Å². The Labute approximate surface area is 140 Å². The minimum atomic E-state index is -0.134. The van der Waals surface area contributed by atoms with Gasteiger partial charge in [0, 0.05) is 31.1 Å². The molecule has 2 amide bonds. The van der Waals surface area contributed by atoms with Crippen molar-refractivity contribution in [1.82, 2.24) is 9.80 Å². The largest absolute Gasteiger partial charge is 0.444 e. The molecule has 0 aliphatic carbocycles. The number of hydrogen-bond donors (Lipinski definition) is 0. The summed E-state index contributed by atoms with van der Waals surface area (Å²) >= 11 is 4.70. The first-order chi connectivity index (χ1) is 10.5. The highest BCUT2D eigenvalue weighted by atomic mass is 79.9. The minimum absolute atomic E-state index is 0.0472. The van der Waals surface area contributed by atoms with Crippen molar-refractivity contribution in [3.63, 3.8) is 0 Å². The lowest BCUT2D eigenvalue weighted by Crippen LogP contribution is -2.50. The molecule has 0 aromatic carbocycles. The molecule has 2 aromatic rings. The predicted molar refractivity (Wildman–Crippen MR) is 87.3 cm³/mol. The maximum Gasteiger partial charge on any atom is 0.289 e.